The van der Waals surface area contributed by atoms with Crippen LogP contribution in [0.15, 0.2) is 194 Å². The highest BCUT2D eigenvalue weighted by Gasteiger charge is 2.31. The molecule has 1 nitrogen and oxygen atoms in total. The molecule has 0 bridgehead atoms. The molecule has 55 heavy (non-hydrogen) atoms. The van der Waals surface area contributed by atoms with Gasteiger partial charge in [0.15, 0.2) is 0 Å². The standard InChI is InChI=1S/C54H35N/c1-2-11-34(12-3-1)35-21-25-41(26-22-35)55-52-28-24-38(31-50(52)51-33-48-40(32-53(51)55)29-39-14-5-7-17-43(39)48)37-23-27-47-49(30-37)44-18-8-9-19-46(44)54(47)45-20-10-15-36-13-4-6-16-42(36)45/h1-28,30-33,54H,29H2. The van der Waals surface area contributed by atoms with E-state index in [0.717, 1.165) is 6.42 Å². The van der Waals surface area contributed by atoms with Crippen molar-refractivity contribution >= 4 is 32.6 Å². The van der Waals surface area contributed by atoms with Crippen molar-refractivity contribution in [3.8, 4) is 50.2 Å². The van der Waals surface area contributed by atoms with Crippen LogP contribution in [0.25, 0.3) is 82.8 Å². The first-order valence-electron chi connectivity index (χ1n) is 19.3. The monoisotopic (exact) mass is 697 g/mol. The summed E-state index contributed by atoms with van der Waals surface area (Å²) in [5, 5.41) is 5.19. The lowest BCUT2D eigenvalue weighted by molar-refractivity contribution is 1.03. The third-order valence-corrected chi connectivity index (χ3v) is 12.3. The number of nitrogens with zero attached hydrogens (tertiary/aromatic N) is 1. The zero-order valence-corrected chi connectivity index (χ0v) is 30.2. The maximum atomic E-state index is 2.47. The maximum absolute atomic E-state index is 2.47. The van der Waals surface area contributed by atoms with E-state index in [9.17, 15) is 0 Å². The minimum atomic E-state index is 0.199. The summed E-state index contributed by atoms with van der Waals surface area (Å²) in [5.41, 5.74) is 20.9. The molecule has 10 aromatic rings. The van der Waals surface area contributed by atoms with Crippen LogP contribution in [0.5, 0.6) is 0 Å². The SMILES string of the molecule is c1ccc(-c2ccc(-n3c4ccc(-c5ccc6c(c5)-c5ccccc5C6c5cccc6ccccc56)cc4c4cc5c(cc43)Cc3ccccc3-5)cc2)cc1. The van der Waals surface area contributed by atoms with E-state index in [4.69, 9.17) is 0 Å². The molecule has 1 atom stereocenters. The van der Waals surface area contributed by atoms with Gasteiger partial charge >= 0.3 is 0 Å². The van der Waals surface area contributed by atoms with E-state index in [1.807, 2.05) is 0 Å². The van der Waals surface area contributed by atoms with Crippen LogP contribution in [0, 0.1) is 0 Å². The molecule has 0 amide bonds. The molecule has 9 aromatic carbocycles. The van der Waals surface area contributed by atoms with Crippen LogP contribution < -0.4 is 0 Å². The zero-order valence-electron chi connectivity index (χ0n) is 30.2. The summed E-state index contributed by atoms with van der Waals surface area (Å²) in [7, 11) is 0. The Morgan fingerprint density at radius 2 is 1.00 bits per heavy atom. The third kappa shape index (κ3) is 4.60. The lowest BCUT2D eigenvalue weighted by Crippen LogP contribution is -2.00. The lowest BCUT2D eigenvalue weighted by Gasteiger charge is -2.17. The minimum absolute atomic E-state index is 0.199. The Morgan fingerprint density at radius 1 is 0.345 bits per heavy atom. The Balaban J connectivity index is 1.03. The fraction of sp³-hybridized carbons (Fsp3) is 0.0370. The summed E-state index contributed by atoms with van der Waals surface area (Å²) in [6, 6.07) is 72.4. The number of hydrogen-bond acceptors (Lipinski definition) is 0. The van der Waals surface area contributed by atoms with Gasteiger partial charge < -0.3 is 4.57 Å². The number of aromatic nitrogens is 1. The van der Waals surface area contributed by atoms with Gasteiger partial charge in [-0.25, -0.2) is 0 Å². The van der Waals surface area contributed by atoms with E-state index in [0.29, 0.717) is 0 Å². The largest absolute Gasteiger partial charge is 0.309 e. The van der Waals surface area contributed by atoms with E-state index < -0.39 is 0 Å². The quantitative estimate of drug-likeness (QED) is 0.173. The van der Waals surface area contributed by atoms with Gasteiger partial charge in [-0.05, 0) is 132 Å². The first kappa shape index (κ1) is 30.5. The average Bonchev–Trinajstić information content (AvgIpc) is 3.89. The molecule has 1 heterocycles. The average molecular weight is 698 g/mol. The van der Waals surface area contributed by atoms with Gasteiger partial charge in [0.05, 0.1) is 11.0 Å². The van der Waals surface area contributed by atoms with Crippen LogP contribution >= 0.6 is 0 Å². The van der Waals surface area contributed by atoms with E-state index in [1.54, 1.807) is 0 Å². The predicted molar refractivity (Wildman–Crippen MR) is 230 cm³/mol. The molecule has 0 aliphatic heterocycles. The molecule has 0 saturated carbocycles. The van der Waals surface area contributed by atoms with Gasteiger partial charge in [-0.3, -0.25) is 0 Å². The van der Waals surface area contributed by atoms with Crippen molar-refractivity contribution in [1.29, 1.82) is 0 Å². The third-order valence-electron chi connectivity index (χ3n) is 12.3. The topological polar surface area (TPSA) is 4.93 Å². The van der Waals surface area contributed by atoms with Gasteiger partial charge in [-0.1, -0.05) is 152 Å². The molecule has 2 aliphatic carbocycles. The second kappa shape index (κ2) is 11.8. The van der Waals surface area contributed by atoms with Crippen LogP contribution in [0.1, 0.15) is 33.7 Å². The van der Waals surface area contributed by atoms with Gasteiger partial charge in [0, 0.05) is 22.4 Å². The molecule has 256 valence electrons. The highest BCUT2D eigenvalue weighted by molar-refractivity contribution is 6.12. The van der Waals surface area contributed by atoms with Crippen LogP contribution in [0.3, 0.4) is 0 Å². The van der Waals surface area contributed by atoms with E-state index in [-0.39, 0.29) is 5.92 Å². The number of hydrogen-bond donors (Lipinski definition) is 0. The fourth-order valence-corrected chi connectivity index (χ4v) is 9.76. The summed E-state index contributed by atoms with van der Waals surface area (Å²) >= 11 is 0. The summed E-state index contributed by atoms with van der Waals surface area (Å²) in [6.45, 7) is 0. The summed E-state index contributed by atoms with van der Waals surface area (Å²) in [5.74, 6) is 0.199. The van der Waals surface area contributed by atoms with Crippen LogP contribution in [0.4, 0.5) is 0 Å². The van der Waals surface area contributed by atoms with Gasteiger partial charge in [-0.15, -0.1) is 0 Å². The normalized spacial score (nSPS) is 13.9. The molecule has 12 rings (SSSR count). The smallest absolute Gasteiger partial charge is 0.0544 e. The van der Waals surface area contributed by atoms with E-state index in [2.05, 4.69) is 199 Å². The molecule has 2 aliphatic rings. The van der Waals surface area contributed by atoms with Gasteiger partial charge in [-0.2, -0.15) is 0 Å². The Hall–Kier alpha value is -6.96. The second-order valence-corrected chi connectivity index (χ2v) is 15.2. The highest BCUT2D eigenvalue weighted by atomic mass is 15.0. The molecule has 0 radical (unpaired) electrons. The van der Waals surface area contributed by atoms with Crippen molar-refractivity contribution in [3.05, 3.63) is 222 Å². The van der Waals surface area contributed by atoms with Crippen LogP contribution in [-0.4, -0.2) is 4.57 Å². The van der Waals surface area contributed by atoms with Gasteiger partial charge in [0.2, 0.25) is 0 Å². The minimum Gasteiger partial charge on any atom is -0.309 e. The summed E-state index contributed by atoms with van der Waals surface area (Å²) < 4.78 is 2.47. The Morgan fingerprint density at radius 3 is 1.91 bits per heavy atom. The Labute approximate surface area is 320 Å². The fourth-order valence-electron chi connectivity index (χ4n) is 9.76. The first-order chi connectivity index (χ1) is 27.3. The van der Waals surface area contributed by atoms with Gasteiger partial charge in [0.25, 0.3) is 0 Å². The first-order valence-corrected chi connectivity index (χ1v) is 19.3. The summed E-state index contributed by atoms with van der Waals surface area (Å²) in [4.78, 5) is 0. The Bertz CT molecular complexity index is 3160. The number of fused-ring (bicyclic) bond motifs is 10. The Kier molecular flexibility index (Phi) is 6.53. The van der Waals surface area contributed by atoms with E-state index >= 15 is 0 Å². The number of benzene rings is 9. The van der Waals surface area contributed by atoms with Crippen molar-refractivity contribution in [3.63, 3.8) is 0 Å². The molecule has 0 saturated heterocycles. The predicted octanol–water partition coefficient (Wildman–Crippen LogP) is 14.0. The summed E-state index contributed by atoms with van der Waals surface area (Å²) in [6.07, 6.45) is 0.970. The van der Waals surface area contributed by atoms with Crippen molar-refractivity contribution in [2.75, 3.05) is 0 Å². The van der Waals surface area contributed by atoms with Crippen molar-refractivity contribution < 1.29 is 0 Å². The molecule has 0 spiro atoms. The van der Waals surface area contributed by atoms with Crippen LogP contribution in [0.2, 0.25) is 0 Å². The van der Waals surface area contributed by atoms with Gasteiger partial charge in [0.1, 0.15) is 0 Å². The molecular weight excluding hydrogens is 663 g/mol. The zero-order chi connectivity index (χ0) is 36.0. The van der Waals surface area contributed by atoms with E-state index in [1.165, 1.54) is 111 Å². The molecule has 0 N–H and O–H groups in total. The van der Waals surface area contributed by atoms with Crippen molar-refractivity contribution in [2.24, 2.45) is 0 Å². The highest BCUT2D eigenvalue weighted by Crippen LogP contribution is 2.51. The lowest BCUT2D eigenvalue weighted by atomic mass is 9.86. The molecule has 0 fully saturated rings. The maximum Gasteiger partial charge on any atom is 0.0544 e. The van der Waals surface area contributed by atoms with Crippen molar-refractivity contribution in [2.45, 2.75) is 12.3 Å². The molecule has 1 heteroatoms. The molecular formula is C54H35N. The molecule has 1 unspecified atom stereocenters. The molecule has 1 aromatic heterocycles. The second-order valence-electron chi connectivity index (χ2n) is 15.2. The van der Waals surface area contributed by atoms with Crippen LogP contribution in [-0.2, 0) is 6.42 Å². The van der Waals surface area contributed by atoms with Crippen molar-refractivity contribution in [1.82, 2.24) is 4.57 Å². The number of rotatable bonds is 4.